The van der Waals surface area contributed by atoms with Crippen molar-refractivity contribution >= 4 is 5.91 Å². The zero-order chi connectivity index (χ0) is 13.9. The fourth-order valence-electron chi connectivity index (χ4n) is 2.04. The molecule has 2 heterocycles. The molecule has 1 fully saturated rings. The molecule has 8 nitrogen and oxygen atoms in total. The van der Waals surface area contributed by atoms with Crippen LogP contribution in [0.3, 0.4) is 0 Å². The summed E-state index contributed by atoms with van der Waals surface area (Å²) in [4.78, 5) is 27.7. The van der Waals surface area contributed by atoms with Crippen LogP contribution < -0.4 is 11.0 Å². The van der Waals surface area contributed by atoms with E-state index < -0.39 is 5.54 Å². The Morgan fingerprint density at radius 1 is 1.47 bits per heavy atom. The van der Waals surface area contributed by atoms with Crippen molar-refractivity contribution in [2.45, 2.75) is 25.9 Å². The first-order chi connectivity index (χ1) is 9.00. The molecule has 106 valence electrons. The van der Waals surface area contributed by atoms with Crippen LogP contribution in [0.25, 0.3) is 0 Å². The average Bonchev–Trinajstić information content (AvgIpc) is 2.82. The fourth-order valence-corrected chi connectivity index (χ4v) is 2.04. The summed E-state index contributed by atoms with van der Waals surface area (Å²) in [6, 6.07) is 0. The normalized spacial score (nSPS) is 17.4. The quantitative estimate of drug-likeness (QED) is 0.639. The van der Waals surface area contributed by atoms with Gasteiger partial charge in [-0.25, -0.2) is 9.89 Å². The van der Waals surface area contributed by atoms with Crippen molar-refractivity contribution in [2.24, 2.45) is 0 Å². The van der Waals surface area contributed by atoms with Crippen molar-refractivity contribution in [3.05, 3.63) is 16.3 Å². The van der Waals surface area contributed by atoms with Gasteiger partial charge in [-0.2, -0.15) is 5.10 Å². The van der Waals surface area contributed by atoms with Crippen molar-refractivity contribution in [1.82, 2.24) is 25.4 Å². The van der Waals surface area contributed by atoms with Gasteiger partial charge in [-0.1, -0.05) is 0 Å². The number of hydrogen-bond donors (Lipinski definition) is 3. The molecule has 1 saturated heterocycles. The topological polar surface area (TPSA) is 103 Å². The summed E-state index contributed by atoms with van der Waals surface area (Å²) in [5.41, 5.74) is -0.989. The number of carbonyl (C=O) groups is 1. The average molecular weight is 269 g/mol. The van der Waals surface area contributed by atoms with Crippen molar-refractivity contribution < 1.29 is 9.53 Å². The third-order valence-corrected chi connectivity index (χ3v) is 3.32. The largest absolute Gasteiger partial charge is 0.379 e. The zero-order valence-corrected chi connectivity index (χ0v) is 11.2. The lowest BCUT2D eigenvalue weighted by molar-refractivity contribution is -0.134. The predicted octanol–water partition coefficient (Wildman–Crippen LogP) is -1.17. The third kappa shape index (κ3) is 3.21. The zero-order valence-electron chi connectivity index (χ0n) is 11.2. The van der Waals surface area contributed by atoms with Crippen LogP contribution in [0.2, 0.25) is 0 Å². The lowest BCUT2D eigenvalue weighted by Crippen LogP contribution is -2.57. The monoisotopic (exact) mass is 269 g/mol. The molecule has 0 spiro atoms. The minimum atomic E-state index is -0.611. The van der Waals surface area contributed by atoms with Crippen LogP contribution in [0.4, 0.5) is 0 Å². The van der Waals surface area contributed by atoms with E-state index in [0.717, 1.165) is 13.1 Å². The van der Waals surface area contributed by atoms with Crippen LogP contribution >= 0.6 is 0 Å². The summed E-state index contributed by atoms with van der Waals surface area (Å²) < 4.78 is 5.28. The molecule has 19 heavy (non-hydrogen) atoms. The molecule has 1 aliphatic heterocycles. The van der Waals surface area contributed by atoms with Crippen molar-refractivity contribution in [3.63, 3.8) is 0 Å². The van der Waals surface area contributed by atoms with Crippen LogP contribution in [-0.2, 0) is 16.1 Å². The number of amides is 1. The molecule has 3 N–H and O–H groups in total. The highest BCUT2D eigenvalue weighted by atomic mass is 16.5. The van der Waals surface area contributed by atoms with Crippen molar-refractivity contribution in [3.8, 4) is 0 Å². The van der Waals surface area contributed by atoms with Gasteiger partial charge in [-0.3, -0.25) is 14.7 Å². The molecule has 0 atom stereocenters. The van der Waals surface area contributed by atoms with Crippen LogP contribution in [0, 0.1) is 0 Å². The molecule has 1 aromatic heterocycles. The van der Waals surface area contributed by atoms with E-state index in [2.05, 4.69) is 25.4 Å². The molecule has 1 aromatic rings. The predicted molar refractivity (Wildman–Crippen MR) is 67.5 cm³/mol. The molecule has 0 aliphatic carbocycles. The van der Waals surface area contributed by atoms with E-state index in [1.54, 1.807) is 0 Å². The van der Waals surface area contributed by atoms with Gasteiger partial charge in [-0.15, -0.1) is 0 Å². The summed E-state index contributed by atoms with van der Waals surface area (Å²) >= 11 is 0. The van der Waals surface area contributed by atoms with Crippen molar-refractivity contribution in [1.29, 1.82) is 0 Å². The Morgan fingerprint density at radius 2 is 2.16 bits per heavy atom. The summed E-state index contributed by atoms with van der Waals surface area (Å²) in [6.07, 6.45) is 0. The number of hydrogen-bond acceptors (Lipinski definition) is 5. The Labute approximate surface area is 110 Å². The van der Waals surface area contributed by atoms with Gasteiger partial charge < -0.3 is 10.1 Å². The SMILES string of the molecule is CC(C)(C(=O)NCc1n[nH]c(=O)[nH]1)N1CCOCC1. The lowest BCUT2D eigenvalue weighted by atomic mass is 10.0. The molecule has 0 aromatic carbocycles. The second kappa shape index (κ2) is 5.54. The van der Waals surface area contributed by atoms with E-state index in [1.165, 1.54) is 0 Å². The number of aromatic amines is 2. The van der Waals surface area contributed by atoms with Gasteiger partial charge in [0.2, 0.25) is 5.91 Å². The van der Waals surface area contributed by atoms with Crippen molar-refractivity contribution in [2.75, 3.05) is 26.3 Å². The third-order valence-electron chi connectivity index (χ3n) is 3.32. The highest BCUT2D eigenvalue weighted by Gasteiger charge is 2.35. The summed E-state index contributed by atoms with van der Waals surface area (Å²) in [7, 11) is 0. The van der Waals surface area contributed by atoms with Gasteiger partial charge in [0.1, 0.15) is 5.82 Å². The smallest absolute Gasteiger partial charge is 0.340 e. The molecule has 2 rings (SSSR count). The number of nitrogens with zero attached hydrogens (tertiary/aromatic N) is 2. The van der Waals surface area contributed by atoms with Gasteiger partial charge in [0.25, 0.3) is 0 Å². The maximum Gasteiger partial charge on any atom is 0.340 e. The van der Waals surface area contributed by atoms with Gasteiger partial charge in [0.05, 0.1) is 25.3 Å². The molecule has 0 bridgehead atoms. The highest BCUT2D eigenvalue weighted by Crippen LogP contribution is 2.16. The van der Waals surface area contributed by atoms with Gasteiger partial charge in [0, 0.05) is 13.1 Å². The molecule has 0 unspecified atom stereocenters. The van der Waals surface area contributed by atoms with Crippen LogP contribution in [0.5, 0.6) is 0 Å². The van der Waals surface area contributed by atoms with E-state index >= 15 is 0 Å². The van der Waals surface area contributed by atoms with E-state index in [0.29, 0.717) is 19.0 Å². The molecule has 0 saturated carbocycles. The standard InChI is InChI=1S/C11H19N5O3/c1-11(2,16-3-5-19-6-4-16)9(17)12-7-8-13-10(18)15-14-8/h3-7H2,1-2H3,(H,12,17)(H2,13,14,15,18). The second-order valence-corrected chi connectivity index (χ2v) is 4.97. The van der Waals surface area contributed by atoms with Crippen LogP contribution in [0.1, 0.15) is 19.7 Å². The van der Waals surface area contributed by atoms with E-state index in [9.17, 15) is 9.59 Å². The molecule has 1 aliphatic rings. The molecule has 1 amide bonds. The van der Waals surface area contributed by atoms with E-state index in [4.69, 9.17) is 4.74 Å². The molecular weight excluding hydrogens is 250 g/mol. The first kappa shape index (κ1) is 13.8. The Hall–Kier alpha value is -1.67. The first-order valence-electron chi connectivity index (χ1n) is 6.25. The highest BCUT2D eigenvalue weighted by molar-refractivity contribution is 5.85. The number of nitrogens with one attached hydrogen (secondary N) is 3. The lowest BCUT2D eigenvalue weighted by Gasteiger charge is -2.39. The Balaban J connectivity index is 1.92. The number of aromatic nitrogens is 3. The number of carbonyl (C=O) groups excluding carboxylic acids is 1. The number of H-pyrrole nitrogens is 2. The second-order valence-electron chi connectivity index (χ2n) is 4.97. The Morgan fingerprint density at radius 3 is 2.74 bits per heavy atom. The molecule has 8 heteroatoms. The Kier molecular flexibility index (Phi) is 4.01. The van der Waals surface area contributed by atoms with Gasteiger partial charge in [0.15, 0.2) is 0 Å². The fraction of sp³-hybridized carbons (Fsp3) is 0.727. The summed E-state index contributed by atoms with van der Waals surface area (Å²) in [5.74, 6) is 0.314. The van der Waals surface area contributed by atoms with Gasteiger partial charge in [-0.05, 0) is 13.8 Å². The van der Waals surface area contributed by atoms with E-state index in [1.807, 2.05) is 13.8 Å². The van der Waals surface area contributed by atoms with Crippen LogP contribution in [-0.4, -0.2) is 57.8 Å². The van der Waals surface area contributed by atoms with Gasteiger partial charge >= 0.3 is 5.69 Å². The number of morpholine rings is 1. The summed E-state index contributed by atoms with van der Waals surface area (Å²) in [5, 5.41) is 8.77. The summed E-state index contributed by atoms with van der Waals surface area (Å²) in [6.45, 7) is 6.71. The minimum absolute atomic E-state index is 0.0988. The van der Waals surface area contributed by atoms with Crippen LogP contribution in [0.15, 0.2) is 4.79 Å². The van der Waals surface area contributed by atoms with E-state index in [-0.39, 0.29) is 18.1 Å². The number of ether oxygens (including phenoxy) is 1. The Bertz CT molecular complexity index is 487. The maximum absolute atomic E-state index is 12.2. The molecular formula is C11H19N5O3. The minimum Gasteiger partial charge on any atom is -0.379 e. The maximum atomic E-state index is 12.2. The number of rotatable bonds is 4. The first-order valence-corrected chi connectivity index (χ1v) is 6.25. The molecule has 0 radical (unpaired) electrons.